The van der Waals surface area contributed by atoms with Crippen molar-refractivity contribution in [3.05, 3.63) is 29.8 Å². The molecule has 1 saturated heterocycles. The van der Waals surface area contributed by atoms with Crippen LogP contribution in [0.3, 0.4) is 0 Å². The summed E-state index contributed by atoms with van der Waals surface area (Å²) >= 11 is 1.52. The Labute approximate surface area is 106 Å². The Morgan fingerprint density at radius 3 is 2.82 bits per heavy atom. The number of thioether (sulfide) groups is 1. The molecule has 1 aliphatic heterocycles. The first-order valence-corrected chi connectivity index (χ1v) is 6.84. The zero-order chi connectivity index (χ0) is 12.3. The van der Waals surface area contributed by atoms with E-state index in [0.717, 1.165) is 17.3 Å². The molecular weight excluding hydrogens is 232 g/mol. The number of aliphatic imine (C=N–C) groups is 1. The van der Waals surface area contributed by atoms with E-state index in [-0.39, 0.29) is 5.91 Å². The largest absolute Gasteiger partial charge is 0.291 e. The van der Waals surface area contributed by atoms with E-state index >= 15 is 0 Å². The van der Waals surface area contributed by atoms with E-state index in [1.54, 1.807) is 4.90 Å². The lowest BCUT2D eigenvalue weighted by Gasteiger charge is -2.13. The van der Waals surface area contributed by atoms with Crippen molar-refractivity contribution < 1.29 is 4.79 Å². The minimum atomic E-state index is 0.158. The maximum absolute atomic E-state index is 11.6. The van der Waals surface area contributed by atoms with Crippen LogP contribution in [0.1, 0.15) is 19.4 Å². The van der Waals surface area contributed by atoms with Crippen LogP contribution in [-0.4, -0.2) is 28.3 Å². The van der Waals surface area contributed by atoms with E-state index in [0.29, 0.717) is 12.3 Å². The monoisotopic (exact) mass is 248 g/mol. The Bertz CT molecular complexity index is 456. The summed E-state index contributed by atoms with van der Waals surface area (Å²) in [4.78, 5) is 17.9. The molecule has 1 amide bonds. The maximum Gasteiger partial charge on any atom is 0.239 e. The van der Waals surface area contributed by atoms with E-state index in [4.69, 9.17) is 0 Å². The van der Waals surface area contributed by atoms with Crippen LogP contribution in [0.2, 0.25) is 0 Å². The number of amides is 1. The molecule has 1 fully saturated rings. The summed E-state index contributed by atoms with van der Waals surface area (Å²) in [5.74, 6) is 0.672. The molecule has 0 aliphatic carbocycles. The van der Waals surface area contributed by atoms with E-state index < -0.39 is 0 Å². The van der Waals surface area contributed by atoms with E-state index in [1.807, 2.05) is 25.1 Å². The molecule has 0 spiro atoms. The van der Waals surface area contributed by atoms with Gasteiger partial charge in [0.05, 0.1) is 11.4 Å². The average molecular weight is 248 g/mol. The Hall–Kier alpha value is -1.29. The molecule has 0 atom stereocenters. The van der Waals surface area contributed by atoms with Crippen LogP contribution in [0.25, 0.3) is 0 Å². The number of aryl methyl sites for hydroxylation is 1. The average Bonchev–Trinajstić information content (AvgIpc) is 2.70. The van der Waals surface area contributed by atoms with Crippen molar-refractivity contribution in [1.29, 1.82) is 0 Å². The minimum absolute atomic E-state index is 0.158. The van der Waals surface area contributed by atoms with Gasteiger partial charge < -0.3 is 0 Å². The molecule has 0 N–H and O–H groups in total. The molecule has 0 saturated carbocycles. The maximum atomic E-state index is 11.6. The van der Waals surface area contributed by atoms with Crippen molar-refractivity contribution >= 4 is 28.5 Å². The number of carbonyl (C=O) groups excluding carboxylic acids is 1. The Balaban J connectivity index is 2.32. The molecule has 1 heterocycles. The van der Waals surface area contributed by atoms with Crippen LogP contribution in [0.15, 0.2) is 29.3 Å². The van der Waals surface area contributed by atoms with Gasteiger partial charge in [0.1, 0.15) is 0 Å². The SMILES string of the molecule is CCc1ccccc1N=C1SCC(=O)N1CC. The summed E-state index contributed by atoms with van der Waals surface area (Å²) in [6, 6.07) is 8.09. The topological polar surface area (TPSA) is 32.7 Å². The van der Waals surface area contributed by atoms with Crippen molar-refractivity contribution in [2.24, 2.45) is 4.99 Å². The molecule has 0 unspecified atom stereocenters. The molecule has 90 valence electrons. The second-order valence-electron chi connectivity index (χ2n) is 3.80. The van der Waals surface area contributed by atoms with E-state index in [2.05, 4.69) is 18.0 Å². The van der Waals surface area contributed by atoms with Crippen LogP contribution in [-0.2, 0) is 11.2 Å². The van der Waals surface area contributed by atoms with Crippen LogP contribution in [0, 0.1) is 0 Å². The molecule has 0 radical (unpaired) electrons. The zero-order valence-electron chi connectivity index (χ0n) is 10.1. The van der Waals surface area contributed by atoms with Crippen molar-refractivity contribution in [1.82, 2.24) is 4.90 Å². The molecule has 17 heavy (non-hydrogen) atoms. The number of hydrogen-bond donors (Lipinski definition) is 0. The van der Waals surface area contributed by atoms with Crippen molar-refractivity contribution in [3.8, 4) is 0 Å². The number of rotatable bonds is 3. The normalized spacial score (nSPS) is 18.1. The fraction of sp³-hybridized carbons (Fsp3) is 0.385. The predicted molar refractivity (Wildman–Crippen MR) is 72.8 cm³/mol. The number of carbonyl (C=O) groups is 1. The Kier molecular flexibility index (Phi) is 3.84. The highest BCUT2D eigenvalue weighted by Gasteiger charge is 2.26. The van der Waals surface area contributed by atoms with E-state index in [9.17, 15) is 4.79 Å². The molecule has 1 aromatic rings. The first-order valence-electron chi connectivity index (χ1n) is 5.86. The number of benzene rings is 1. The third kappa shape index (κ3) is 2.52. The van der Waals surface area contributed by atoms with Crippen molar-refractivity contribution in [2.75, 3.05) is 12.3 Å². The van der Waals surface area contributed by atoms with Gasteiger partial charge in [0.2, 0.25) is 5.91 Å². The van der Waals surface area contributed by atoms with Gasteiger partial charge in [0.15, 0.2) is 5.17 Å². The smallest absolute Gasteiger partial charge is 0.239 e. The lowest BCUT2D eigenvalue weighted by atomic mass is 10.1. The first kappa shape index (κ1) is 12.2. The van der Waals surface area contributed by atoms with Gasteiger partial charge >= 0.3 is 0 Å². The third-order valence-corrected chi connectivity index (χ3v) is 3.72. The standard InChI is InChI=1S/C13H16N2OS/c1-3-10-7-5-6-8-11(10)14-13-15(4-2)12(16)9-17-13/h5-8H,3-4,9H2,1-2H3. The minimum Gasteiger partial charge on any atom is -0.291 e. The fourth-order valence-corrected chi connectivity index (χ4v) is 2.77. The Morgan fingerprint density at radius 1 is 1.35 bits per heavy atom. The highest BCUT2D eigenvalue weighted by atomic mass is 32.2. The summed E-state index contributed by atoms with van der Waals surface area (Å²) in [6.07, 6.45) is 0.956. The molecule has 0 bridgehead atoms. The summed E-state index contributed by atoms with van der Waals surface area (Å²) in [5.41, 5.74) is 2.20. The molecule has 0 aromatic heterocycles. The molecule has 1 aliphatic rings. The first-order chi connectivity index (χ1) is 8.26. The number of amidine groups is 1. The zero-order valence-corrected chi connectivity index (χ0v) is 11.0. The molecule has 3 nitrogen and oxygen atoms in total. The van der Waals surface area contributed by atoms with Gasteiger partial charge in [0.25, 0.3) is 0 Å². The molecular formula is C13H16N2OS. The number of nitrogens with zero attached hydrogens (tertiary/aromatic N) is 2. The summed E-state index contributed by atoms with van der Waals surface area (Å²) in [7, 11) is 0. The van der Waals surface area contributed by atoms with Gasteiger partial charge in [-0.15, -0.1) is 0 Å². The summed E-state index contributed by atoms with van der Waals surface area (Å²) < 4.78 is 0. The van der Waals surface area contributed by atoms with E-state index in [1.165, 1.54) is 17.3 Å². The fourth-order valence-electron chi connectivity index (χ4n) is 1.81. The van der Waals surface area contributed by atoms with Crippen LogP contribution >= 0.6 is 11.8 Å². The quantitative estimate of drug-likeness (QED) is 0.824. The predicted octanol–water partition coefficient (Wildman–Crippen LogP) is 2.83. The van der Waals surface area contributed by atoms with Gasteiger partial charge in [-0.2, -0.15) is 0 Å². The Morgan fingerprint density at radius 2 is 2.12 bits per heavy atom. The molecule has 2 rings (SSSR count). The molecule has 4 heteroatoms. The van der Waals surface area contributed by atoms with Gasteiger partial charge in [-0.25, -0.2) is 4.99 Å². The summed E-state index contributed by atoms with van der Waals surface area (Å²) in [5, 5.41) is 0.832. The van der Waals surface area contributed by atoms with Gasteiger partial charge in [-0.3, -0.25) is 9.69 Å². The van der Waals surface area contributed by atoms with Gasteiger partial charge in [-0.05, 0) is 25.0 Å². The highest BCUT2D eigenvalue weighted by Crippen LogP contribution is 2.25. The van der Waals surface area contributed by atoms with Crippen molar-refractivity contribution in [3.63, 3.8) is 0 Å². The number of para-hydroxylation sites is 1. The van der Waals surface area contributed by atoms with Gasteiger partial charge in [-0.1, -0.05) is 36.9 Å². The lowest BCUT2D eigenvalue weighted by molar-refractivity contribution is -0.123. The van der Waals surface area contributed by atoms with Crippen LogP contribution in [0.4, 0.5) is 5.69 Å². The second kappa shape index (κ2) is 5.36. The lowest BCUT2D eigenvalue weighted by Crippen LogP contribution is -2.28. The van der Waals surface area contributed by atoms with Crippen LogP contribution in [0.5, 0.6) is 0 Å². The van der Waals surface area contributed by atoms with Gasteiger partial charge in [0, 0.05) is 6.54 Å². The second-order valence-corrected chi connectivity index (χ2v) is 4.75. The highest BCUT2D eigenvalue weighted by molar-refractivity contribution is 8.15. The number of hydrogen-bond acceptors (Lipinski definition) is 3. The third-order valence-electron chi connectivity index (χ3n) is 2.76. The van der Waals surface area contributed by atoms with Crippen molar-refractivity contribution in [2.45, 2.75) is 20.3 Å². The summed E-state index contributed by atoms with van der Waals surface area (Å²) in [6.45, 7) is 4.79. The van der Waals surface area contributed by atoms with Crippen LogP contribution < -0.4 is 0 Å². The molecule has 1 aromatic carbocycles.